The smallest absolute Gasteiger partial charge is 0.129 e. The summed E-state index contributed by atoms with van der Waals surface area (Å²) < 4.78 is 19.1. The quantitative estimate of drug-likeness (QED) is 0.918. The van der Waals surface area contributed by atoms with E-state index in [0.29, 0.717) is 19.8 Å². The van der Waals surface area contributed by atoms with Crippen molar-refractivity contribution >= 4 is 5.82 Å². The second-order valence-corrected chi connectivity index (χ2v) is 5.64. The summed E-state index contributed by atoms with van der Waals surface area (Å²) in [5, 5.41) is 3.34. The SMILES string of the molecule is Cc1cc(NCC(c2cccc(F)c2)N2CCOCC2)ncn1. The lowest BCUT2D eigenvalue weighted by molar-refractivity contribution is 0.0186. The summed E-state index contributed by atoms with van der Waals surface area (Å²) in [6, 6.07) is 8.78. The Bertz CT molecular complexity index is 646. The Hall–Kier alpha value is -2.05. The van der Waals surface area contributed by atoms with Gasteiger partial charge in [0.1, 0.15) is 18.0 Å². The Labute approximate surface area is 135 Å². The van der Waals surface area contributed by atoms with E-state index < -0.39 is 0 Å². The third kappa shape index (κ3) is 4.24. The first kappa shape index (κ1) is 15.8. The van der Waals surface area contributed by atoms with Gasteiger partial charge in [0.15, 0.2) is 0 Å². The Balaban J connectivity index is 1.77. The summed E-state index contributed by atoms with van der Waals surface area (Å²) in [4.78, 5) is 10.6. The maximum Gasteiger partial charge on any atom is 0.129 e. The van der Waals surface area contributed by atoms with Crippen LogP contribution in [0.5, 0.6) is 0 Å². The molecule has 1 N–H and O–H groups in total. The minimum absolute atomic E-state index is 0.0740. The Kier molecular flexibility index (Phi) is 5.15. The lowest BCUT2D eigenvalue weighted by Gasteiger charge is -2.35. The zero-order valence-electron chi connectivity index (χ0n) is 13.2. The number of halogens is 1. The molecule has 0 aliphatic carbocycles. The summed E-state index contributed by atoms with van der Waals surface area (Å²) in [6.45, 7) is 5.67. The Morgan fingerprint density at radius 2 is 2.09 bits per heavy atom. The fourth-order valence-corrected chi connectivity index (χ4v) is 2.81. The van der Waals surface area contributed by atoms with E-state index in [4.69, 9.17) is 4.74 Å². The van der Waals surface area contributed by atoms with E-state index in [2.05, 4.69) is 20.2 Å². The Morgan fingerprint density at radius 1 is 1.26 bits per heavy atom. The predicted molar refractivity (Wildman–Crippen MR) is 86.8 cm³/mol. The average molecular weight is 316 g/mol. The third-order valence-corrected chi connectivity index (χ3v) is 4.00. The molecule has 1 fully saturated rings. The number of rotatable bonds is 5. The molecule has 1 unspecified atom stereocenters. The van der Waals surface area contributed by atoms with Crippen LogP contribution in [0.3, 0.4) is 0 Å². The highest BCUT2D eigenvalue weighted by molar-refractivity contribution is 5.35. The van der Waals surface area contributed by atoms with Crippen LogP contribution in [0.25, 0.3) is 0 Å². The van der Waals surface area contributed by atoms with Gasteiger partial charge in [-0.1, -0.05) is 12.1 Å². The molecule has 0 saturated carbocycles. The molecule has 1 saturated heterocycles. The summed E-state index contributed by atoms with van der Waals surface area (Å²) in [6.07, 6.45) is 1.55. The fourth-order valence-electron chi connectivity index (χ4n) is 2.81. The molecule has 23 heavy (non-hydrogen) atoms. The van der Waals surface area contributed by atoms with Gasteiger partial charge < -0.3 is 10.1 Å². The van der Waals surface area contributed by atoms with Crippen molar-refractivity contribution in [2.45, 2.75) is 13.0 Å². The molecular formula is C17H21FN4O. The molecule has 2 aromatic rings. The van der Waals surface area contributed by atoms with E-state index in [9.17, 15) is 4.39 Å². The largest absolute Gasteiger partial charge is 0.379 e. The number of benzene rings is 1. The van der Waals surface area contributed by atoms with E-state index in [-0.39, 0.29) is 11.9 Å². The van der Waals surface area contributed by atoms with E-state index >= 15 is 0 Å². The predicted octanol–water partition coefficient (Wildman–Crippen LogP) is 2.41. The topological polar surface area (TPSA) is 50.3 Å². The molecular weight excluding hydrogens is 295 g/mol. The molecule has 1 atom stereocenters. The van der Waals surface area contributed by atoms with Crippen LogP contribution in [0.2, 0.25) is 0 Å². The molecule has 2 heterocycles. The van der Waals surface area contributed by atoms with Gasteiger partial charge in [0.25, 0.3) is 0 Å². The number of anilines is 1. The molecule has 1 aliphatic rings. The zero-order valence-corrected chi connectivity index (χ0v) is 13.2. The second-order valence-electron chi connectivity index (χ2n) is 5.64. The third-order valence-electron chi connectivity index (χ3n) is 4.00. The lowest BCUT2D eigenvalue weighted by Crippen LogP contribution is -2.41. The molecule has 1 aliphatic heterocycles. The van der Waals surface area contributed by atoms with Gasteiger partial charge in [-0.25, -0.2) is 14.4 Å². The van der Waals surface area contributed by atoms with Crippen LogP contribution in [0.1, 0.15) is 17.3 Å². The molecule has 3 rings (SSSR count). The van der Waals surface area contributed by atoms with Crippen LogP contribution >= 0.6 is 0 Å². The minimum Gasteiger partial charge on any atom is -0.379 e. The van der Waals surface area contributed by atoms with Crippen LogP contribution in [-0.2, 0) is 4.74 Å². The molecule has 0 spiro atoms. The molecule has 1 aromatic heterocycles. The van der Waals surface area contributed by atoms with Crippen molar-refractivity contribution < 1.29 is 9.13 Å². The molecule has 0 radical (unpaired) electrons. The van der Waals surface area contributed by atoms with Gasteiger partial charge in [-0.15, -0.1) is 0 Å². The molecule has 1 aromatic carbocycles. The summed E-state index contributed by atoms with van der Waals surface area (Å²) in [5.41, 5.74) is 1.88. The first-order chi connectivity index (χ1) is 11.2. The summed E-state index contributed by atoms with van der Waals surface area (Å²) in [7, 11) is 0. The van der Waals surface area contributed by atoms with Gasteiger partial charge in [0.05, 0.1) is 19.3 Å². The number of nitrogens with one attached hydrogen (secondary N) is 1. The monoisotopic (exact) mass is 316 g/mol. The highest BCUT2D eigenvalue weighted by atomic mass is 19.1. The van der Waals surface area contributed by atoms with Crippen LogP contribution in [0.15, 0.2) is 36.7 Å². The second kappa shape index (κ2) is 7.48. The van der Waals surface area contributed by atoms with E-state index in [1.54, 1.807) is 18.5 Å². The number of nitrogens with zero attached hydrogens (tertiary/aromatic N) is 3. The van der Waals surface area contributed by atoms with Gasteiger partial charge in [-0.2, -0.15) is 0 Å². The maximum atomic E-state index is 13.6. The lowest BCUT2D eigenvalue weighted by atomic mass is 10.0. The highest BCUT2D eigenvalue weighted by Crippen LogP contribution is 2.23. The standard InChI is InChI=1S/C17H21FN4O/c1-13-9-17(21-12-20-13)19-11-16(22-5-7-23-8-6-22)14-3-2-4-15(18)10-14/h2-4,9-10,12,16H,5-8,11H2,1H3,(H,19,20,21). The van der Waals surface area contributed by atoms with Gasteiger partial charge >= 0.3 is 0 Å². The number of hydrogen-bond donors (Lipinski definition) is 1. The van der Waals surface area contributed by atoms with Crippen molar-refractivity contribution in [1.82, 2.24) is 14.9 Å². The van der Waals surface area contributed by atoms with E-state index in [0.717, 1.165) is 30.2 Å². The maximum absolute atomic E-state index is 13.6. The number of aryl methyl sites for hydroxylation is 1. The first-order valence-corrected chi connectivity index (χ1v) is 7.82. The molecule has 0 amide bonds. The fraction of sp³-hybridized carbons (Fsp3) is 0.412. The molecule has 122 valence electrons. The summed E-state index contributed by atoms with van der Waals surface area (Å²) in [5.74, 6) is 0.575. The van der Waals surface area contributed by atoms with E-state index in [1.807, 2.05) is 19.1 Å². The van der Waals surface area contributed by atoms with Gasteiger partial charge in [0, 0.05) is 31.4 Å². The molecule has 0 bridgehead atoms. The van der Waals surface area contributed by atoms with Crippen molar-refractivity contribution in [1.29, 1.82) is 0 Å². The number of aromatic nitrogens is 2. The molecule has 5 nitrogen and oxygen atoms in total. The summed E-state index contributed by atoms with van der Waals surface area (Å²) >= 11 is 0. The van der Waals surface area contributed by atoms with Crippen molar-refractivity contribution in [2.24, 2.45) is 0 Å². The van der Waals surface area contributed by atoms with E-state index in [1.165, 1.54) is 6.07 Å². The van der Waals surface area contributed by atoms with Crippen molar-refractivity contribution in [3.8, 4) is 0 Å². The van der Waals surface area contributed by atoms with Crippen LogP contribution in [0, 0.1) is 12.7 Å². The van der Waals surface area contributed by atoms with Gasteiger partial charge in [0.2, 0.25) is 0 Å². The minimum atomic E-state index is -0.210. The number of hydrogen-bond acceptors (Lipinski definition) is 5. The van der Waals surface area contributed by atoms with Gasteiger partial charge in [-0.3, -0.25) is 4.90 Å². The van der Waals surface area contributed by atoms with Crippen LogP contribution in [0.4, 0.5) is 10.2 Å². The highest BCUT2D eigenvalue weighted by Gasteiger charge is 2.23. The van der Waals surface area contributed by atoms with Crippen LogP contribution < -0.4 is 5.32 Å². The zero-order chi connectivity index (χ0) is 16.1. The average Bonchev–Trinajstić information content (AvgIpc) is 2.56. The van der Waals surface area contributed by atoms with Crippen molar-refractivity contribution in [2.75, 3.05) is 38.2 Å². The first-order valence-electron chi connectivity index (χ1n) is 7.82. The number of morpholine rings is 1. The number of ether oxygens (including phenoxy) is 1. The van der Waals surface area contributed by atoms with Crippen LogP contribution in [-0.4, -0.2) is 47.7 Å². The normalized spacial score (nSPS) is 17.0. The van der Waals surface area contributed by atoms with Crippen molar-refractivity contribution in [3.05, 3.63) is 53.7 Å². The van der Waals surface area contributed by atoms with Crippen molar-refractivity contribution in [3.63, 3.8) is 0 Å². The molecule has 6 heteroatoms. The Morgan fingerprint density at radius 3 is 2.83 bits per heavy atom. The van der Waals surface area contributed by atoms with Gasteiger partial charge in [-0.05, 0) is 24.6 Å².